The molecule has 0 radical (unpaired) electrons. The zero-order valence-electron chi connectivity index (χ0n) is 9.95. The summed E-state index contributed by atoms with van der Waals surface area (Å²) in [6.45, 7) is 5.14. The Kier molecular flexibility index (Phi) is 4.07. The van der Waals surface area contributed by atoms with Gasteiger partial charge in [0.1, 0.15) is 5.82 Å². The van der Waals surface area contributed by atoms with Crippen LogP contribution in [0.1, 0.15) is 15.9 Å². The summed E-state index contributed by atoms with van der Waals surface area (Å²) in [4.78, 5) is 10.7. The number of aldehydes is 1. The molecule has 0 spiro atoms. The van der Waals surface area contributed by atoms with Crippen LogP contribution in [0.4, 0.5) is 17.6 Å². The molecule has 1 aromatic carbocycles. The average molecular weight is 343 g/mol. The van der Waals surface area contributed by atoms with E-state index in [-0.39, 0.29) is 15.9 Å². The lowest BCUT2D eigenvalue weighted by molar-refractivity contribution is -0.138. The van der Waals surface area contributed by atoms with E-state index >= 15 is 0 Å². The van der Waals surface area contributed by atoms with Gasteiger partial charge in [0.25, 0.3) is 0 Å². The Labute approximate surface area is 111 Å². The van der Waals surface area contributed by atoms with Crippen LogP contribution in [0.3, 0.4) is 0 Å². The molecule has 1 rings (SSSR count). The molecule has 0 N–H and O–H groups in total. The van der Waals surface area contributed by atoms with Crippen LogP contribution in [0.25, 0.3) is 0 Å². The minimum Gasteiger partial charge on any atom is -0.298 e. The van der Waals surface area contributed by atoms with E-state index in [2.05, 4.69) is 15.9 Å². The van der Waals surface area contributed by atoms with Crippen molar-refractivity contribution in [2.45, 2.75) is 25.8 Å². The van der Waals surface area contributed by atoms with Crippen molar-refractivity contribution in [3.05, 3.63) is 27.5 Å². The van der Waals surface area contributed by atoms with Gasteiger partial charge >= 0.3 is 6.18 Å². The molecule has 0 saturated heterocycles. The maximum Gasteiger partial charge on any atom is 0.417 e. The molecule has 0 atom stereocenters. The first-order valence-corrected chi connectivity index (χ1v) is 9.34. The summed E-state index contributed by atoms with van der Waals surface area (Å²) in [6, 6.07) is 0.538. The van der Waals surface area contributed by atoms with Crippen molar-refractivity contribution in [2.24, 2.45) is 0 Å². The minimum absolute atomic E-state index is 0.0144. The third-order valence-electron chi connectivity index (χ3n) is 2.41. The SMILES string of the molecule is C[Si](C)(C)c1c(F)c(C=O)cc(C(F)(F)F)c1Br. The quantitative estimate of drug-likeness (QED) is 0.451. The molecule has 0 heterocycles. The normalized spacial score (nSPS) is 12.7. The van der Waals surface area contributed by atoms with Crippen molar-refractivity contribution in [3.8, 4) is 0 Å². The van der Waals surface area contributed by atoms with Gasteiger partial charge in [-0.3, -0.25) is 4.79 Å². The molecular weight excluding hydrogens is 332 g/mol. The second kappa shape index (κ2) is 4.77. The molecule has 0 bridgehead atoms. The Morgan fingerprint density at radius 1 is 1.28 bits per heavy atom. The molecule has 0 amide bonds. The van der Waals surface area contributed by atoms with Crippen LogP contribution in [-0.2, 0) is 6.18 Å². The number of carbonyl (C=O) groups excluding carboxylic acids is 1. The predicted octanol–water partition coefficient (Wildman–Crippen LogP) is 3.96. The maximum atomic E-state index is 14.0. The van der Waals surface area contributed by atoms with Gasteiger partial charge in [-0.25, -0.2) is 4.39 Å². The lowest BCUT2D eigenvalue weighted by Crippen LogP contribution is -2.42. The fourth-order valence-corrected chi connectivity index (χ4v) is 5.50. The van der Waals surface area contributed by atoms with Crippen molar-refractivity contribution in [1.29, 1.82) is 0 Å². The summed E-state index contributed by atoms with van der Waals surface area (Å²) in [6.07, 6.45) is -4.51. The summed E-state index contributed by atoms with van der Waals surface area (Å²) < 4.78 is 52.1. The van der Waals surface area contributed by atoms with Crippen molar-refractivity contribution in [2.75, 3.05) is 0 Å². The van der Waals surface area contributed by atoms with E-state index < -0.39 is 31.2 Å². The first kappa shape index (κ1) is 15.4. The van der Waals surface area contributed by atoms with Crippen LogP contribution >= 0.6 is 15.9 Å². The Bertz CT molecular complexity index is 491. The summed E-state index contributed by atoms with van der Waals surface area (Å²) in [7, 11) is -2.36. The lowest BCUT2D eigenvalue weighted by Gasteiger charge is -2.23. The van der Waals surface area contributed by atoms with Gasteiger partial charge in [0.2, 0.25) is 0 Å². The minimum atomic E-state index is -4.63. The van der Waals surface area contributed by atoms with E-state index in [1.54, 1.807) is 19.6 Å². The molecule has 0 aliphatic rings. The number of benzene rings is 1. The van der Waals surface area contributed by atoms with Crippen molar-refractivity contribution < 1.29 is 22.4 Å². The highest BCUT2D eigenvalue weighted by Crippen LogP contribution is 2.36. The fraction of sp³-hybridized carbons (Fsp3) is 0.364. The summed E-state index contributed by atoms with van der Waals surface area (Å²) in [5.74, 6) is -0.857. The number of hydrogen-bond donors (Lipinski definition) is 0. The molecule has 0 aromatic heterocycles. The standard InChI is InChI=1S/C11H11BrF4OSi/c1-18(2,3)10-8(12)7(11(14,15)16)4-6(5-17)9(10)13/h4-5H,1-3H3. The lowest BCUT2D eigenvalue weighted by atomic mass is 10.1. The zero-order valence-corrected chi connectivity index (χ0v) is 12.5. The van der Waals surface area contributed by atoms with Crippen LogP contribution in [0.2, 0.25) is 19.6 Å². The van der Waals surface area contributed by atoms with Crippen LogP contribution in [0.15, 0.2) is 10.5 Å². The zero-order chi connectivity index (χ0) is 14.3. The third-order valence-corrected chi connectivity index (χ3v) is 5.57. The smallest absolute Gasteiger partial charge is 0.298 e. The molecule has 100 valence electrons. The number of alkyl halides is 3. The van der Waals surface area contributed by atoms with Gasteiger partial charge < -0.3 is 0 Å². The molecule has 1 nitrogen and oxygen atoms in total. The summed E-state index contributed by atoms with van der Waals surface area (Å²) >= 11 is 2.83. The van der Waals surface area contributed by atoms with Gasteiger partial charge in [0, 0.05) is 4.47 Å². The molecular formula is C11H11BrF4OSi. The predicted molar refractivity (Wildman–Crippen MR) is 67.5 cm³/mol. The Morgan fingerprint density at radius 2 is 1.78 bits per heavy atom. The highest BCUT2D eigenvalue weighted by atomic mass is 79.9. The fourth-order valence-electron chi connectivity index (χ4n) is 1.61. The second-order valence-corrected chi connectivity index (χ2v) is 10.7. The molecule has 0 unspecified atom stereocenters. The van der Waals surface area contributed by atoms with Crippen molar-refractivity contribution >= 4 is 35.5 Å². The average Bonchev–Trinajstić information content (AvgIpc) is 2.13. The van der Waals surface area contributed by atoms with E-state index in [9.17, 15) is 22.4 Å². The summed E-state index contributed by atoms with van der Waals surface area (Å²) in [5.41, 5.74) is -1.56. The van der Waals surface area contributed by atoms with Crippen LogP contribution in [0.5, 0.6) is 0 Å². The first-order valence-electron chi connectivity index (χ1n) is 5.05. The number of hydrogen-bond acceptors (Lipinski definition) is 1. The molecule has 0 fully saturated rings. The van der Waals surface area contributed by atoms with E-state index in [1.165, 1.54) is 0 Å². The Hall–Kier alpha value is -0.693. The molecule has 18 heavy (non-hydrogen) atoms. The second-order valence-electron chi connectivity index (χ2n) is 4.88. The Balaban J connectivity index is 3.76. The van der Waals surface area contributed by atoms with E-state index in [4.69, 9.17) is 0 Å². The number of carbonyl (C=O) groups is 1. The van der Waals surface area contributed by atoms with Crippen LogP contribution in [0, 0.1) is 5.82 Å². The molecule has 1 aromatic rings. The van der Waals surface area contributed by atoms with Gasteiger partial charge in [0.05, 0.1) is 19.2 Å². The monoisotopic (exact) mass is 342 g/mol. The molecule has 7 heteroatoms. The number of halogens is 5. The van der Waals surface area contributed by atoms with E-state index in [0.29, 0.717) is 6.07 Å². The van der Waals surface area contributed by atoms with E-state index in [1.807, 2.05) is 0 Å². The summed E-state index contributed by atoms with van der Waals surface area (Å²) in [5, 5.41) is -0.0144. The van der Waals surface area contributed by atoms with Crippen molar-refractivity contribution in [1.82, 2.24) is 0 Å². The molecule has 0 saturated carbocycles. The van der Waals surface area contributed by atoms with Gasteiger partial charge in [-0.05, 0) is 11.3 Å². The largest absolute Gasteiger partial charge is 0.417 e. The Morgan fingerprint density at radius 3 is 2.11 bits per heavy atom. The van der Waals surface area contributed by atoms with Crippen molar-refractivity contribution in [3.63, 3.8) is 0 Å². The van der Waals surface area contributed by atoms with Crippen LogP contribution < -0.4 is 5.19 Å². The third kappa shape index (κ3) is 2.82. The number of rotatable bonds is 2. The first-order chi connectivity index (χ1) is 8.00. The highest BCUT2D eigenvalue weighted by Gasteiger charge is 2.38. The van der Waals surface area contributed by atoms with Gasteiger partial charge in [0.15, 0.2) is 6.29 Å². The van der Waals surface area contributed by atoms with Gasteiger partial charge in [-0.15, -0.1) is 0 Å². The van der Waals surface area contributed by atoms with Gasteiger partial charge in [-0.2, -0.15) is 13.2 Å². The van der Waals surface area contributed by atoms with Gasteiger partial charge in [-0.1, -0.05) is 35.6 Å². The maximum absolute atomic E-state index is 14.0. The molecule has 0 aliphatic heterocycles. The molecule has 0 aliphatic carbocycles. The topological polar surface area (TPSA) is 17.1 Å². The van der Waals surface area contributed by atoms with Crippen LogP contribution in [-0.4, -0.2) is 14.4 Å². The highest BCUT2D eigenvalue weighted by molar-refractivity contribution is 9.10. The van der Waals surface area contributed by atoms with E-state index in [0.717, 1.165) is 0 Å².